The van der Waals surface area contributed by atoms with Crippen LogP contribution in [0, 0.1) is 0 Å². The zero-order valence-electron chi connectivity index (χ0n) is 16.0. The molecule has 2 heterocycles. The van der Waals surface area contributed by atoms with Crippen LogP contribution in [-0.2, 0) is 4.79 Å². The highest BCUT2D eigenvalue weighted by Gasteiger charge is 2.25. The zero-order chi connectivity index (χ0) is 17.4. The average molecular weight is 466 g/mol. The minimum atomic E-state index is 0. The number of halogens is 1. The molecule has 2 aliphatic rings. The maximum absolute atomic E-state index is 11.8. The highest BCUT2D eigenvalue weighted by molar-refractivity contribution is 14.0. The molecule has 1 unspecified atom stereocenters. The van der Waals surface area contributed by atoms with Crippen molar-refractivity contribution < 1.29 is 4.79 Å². The third-order valence-electron chi connectivity index (χ3n) is 5.04. The van der Waals surface area contributed by atoms with Crippen LogP contribution in [0.1, 0.15) is 26.7 Å². The topological polar surface area (TPSA) is 63.2 Å². The quantitative estimate of drug-likeness (QED) is 0.338. The Morgan fingerprint density at radius 3 is 2.40 bits per heavy atom. The molecule has 2 N–H and O–H groups in total. The summed E-state index contributed by atoms with van der Waals surface area (Å²) in [6.45, 7) is 13.5. The van der Waals surface area contributed by atoms with E-state index in [0.717, 1.165) is 58.2 Å². The molecule has 0 aliphatic carbocycles. The van der Waals surface area contributed by atoms with E-state index >= 15 is 0 Å². The molecule has 25 heavy (non-hydrogen) atoms. The summed E-state index contributed by atoms with van der Waals surface area (Å²) in [4.78, 5) is 23.0. The Bertz CT molecular complexity index is 425. The number of amides is 1. The smallest absolute Gasteiger partial charge is 0.222 e. The van der Waals surface area contributed by atoms with Crippen molar-refractivity contribution in [2.45, 2.75) is 32.7 Å². The third-order valence-corrected chi connectivity index (χ3v) is 5.04. The first-order valence-electron chi connectivity index (χ1n) is 9.35. The number of nitrogens with one attached hydrogen (secondary N) is 2. The van der Waals surface area contributed by atoms with Crippen molar-refractivity contribution in [1.29, 1.82) is 0 Å². The van der Waals surface area contributed by atoms with Crippen LogP contribution in [0.4, 0.5) is 0 Å². The van der Waals surface area contributed by atoms with E-state index in [4.69, 9.17) is 0 Å². The summed E-state index contributed by atoms with van der Waals surface area (Å²) < 4.78 is 0. The molecule has 0 bridgehead atoms. The van der Waals surface area contributed by atoms with Gasteiger partial charge in [-0.25, -0.2) is 0 Å². The first kappa shape index (κ1) is 22.4. The van der Waals surface area contributed by atoms with Gasteiger partial charge >= 0.3 is 0 Å². The Hall–Kier alpha value is -0.610. The second kappa shape index (κ2) is 11.9. The van der Waals surface area contributed by atoms with Crippen LogP contribution in [0.25, 0.3) is 0 Å². The van der Waals surface area contributed by atoms with E-state index in [1.807, 2.05) is 11.8 Å². The number of hydrogen-bond acceptors (Lipinski definition) is 4. The predicted molar refractivity (Wildman–Crippen MR) is 114 cm³/mol. The monoisotopic (exact) mass is 466 g/mol. The van der Waals surface area contributed by atoms with Crippen molar-refractivity contribution in [2.75, 3.05) is 66.0 Å². The number of rotatable bonds is 6. The zero-order valence-corrected chi connectivity index (χ0v) is 18.3. The van der Waals surface area contributed by atoms with Gasteiger partial charge in [0, 0.05) is 71.9 Å². The van der Waals surface area contributed by atoms with Gasteiger partial charge in [0.2, 0.25) is 5.91 Å². The van der Waals surface area contributed by atoms with Gasteiger partial charge in [-0.15, -0.1) is 24.0 Å². The van der Waals surface area contributed by atoms with E-state index in [0.29, 0.717) is 12.5 Å². The number of hydrogen-bond donors (Lipinski definition) is 2. The van der Waals surface area contributed by atoms with Crippen molar-refractivity contribution in [3.8, 4) is 0 Å². The number of likely N-dealkylation sites (N-methyl/N-ethyl adjacent to an activating group) is 1. The van der Waals surface area contributed by atoms with Crippen molar-refractivity contribution >= 4 is 35.8 Å². The van der Waals surface area contributed by atoms with Gasteiger partial charge in [0.05, 0.1) is 0 Å². The van der Waals surface area contributed by atoms with Gasteiger partial charge in [-0.2, -0.15) is 0 Å². The van der Waals surface area contributed by atoms with Gasteiger partial charge in [-0.1, -0.05) is 13.8 Å². The molecule has 2 rings (SSSR count). The van der Waals surface area contributed by atoms with E-state index in [-0.39, 0.29) is 29.9 Å². The van der Waals surface area contributed by atoms with Crippen LogP contribution in [0.15, 0.2) is 4.99 Å². The summed E-state index contributed by atoms with van der Waals surface area (Å²) >= 11 is 0. The van der Waals surface area contributed by atoms with Crippen molar-refractivity contribution in [3.63, 3.8) is 0 Å². The SMILES string of the molecule is CCC(=O)N1CCC(NC(=NC)NCCN2CCN(CC)CC2)C1.I. The maximum Gasteiger partial charge on any atom is 0.222 e. The molecule has 2 aliphatic heterocycles. The fourth-order valence-electron chi connectivity index (χ4n) is 3.38. The highest BCUT2D eigenvalue weighted by Crippen LogP contribution is 2.10. The van der Waals surface area contributed by atoms with Crippen LogP contribution in [0.5, 0.6) is 0 Å². The minimum absolute atomic E-state index is 0. The van der Waals surface area contributed by atoms with Gasteiger partial charge in [0.15, 0.2) is 5.96 Å². The second-order valence-electron chi connectivity index (χ2n) is 6.60. The van der Waals surface area contributed by atoms with Crippen LogP contribution in [-0.4, -0.2) is 98.6 Å². The van der Waals surface area contributed by atoms with E-state index < -0.39 is 0 Å². The molecule has 2 saturated heterocycles. The lowest BCUT2D eigenvalue weighted by Gasteiger charge is -2.34. The molecule has 0 saturated carbocycles. The normalized spacial score (nSPS) is 22.6. The van der Waals surface area contributed by atoms with Gasteiger partial charge in [-0.3, -0.25) is 14.7 Å². The molecule has 2 fully saturated rings. The van der Waals surface area contributed by atoms with Crippen molar-refractivity contribution in [2.24, 2.45) is 4.99 Å². The average Bonchev–Trinajstić information content (AvgIpc) is 3.09. The lowest BCUT2D eigenvalue weighted by molar-refractivity contribution is -0.129. The molecule has 0 aromatic heterocycles. The molecule has 1 amide bonds. The van der Waals surface area contributed by atoms with E-state index in [2.05, 4.69) is 32.3 Å². The lowest BCUT2D eigenvalue weighted by Crippen LogP contribution is -2.50. The molecule has 146 valence electrons. The van der Waals surface area contributed by atoms with Crippen molar-refractivity contribution in [3.05, 3.63) is 0 Å². The summed E-state index contributed by atoms with van der Waals surface area (Å²) in [6, 6.07) is 0.305. The molecular weight excluding hydrogens is 431 g/mol. The Morgan fingerprint density at radius 1 is 1.12 bits per heavy atom. The fraction of sp³-hybridized carbons (Fsp3) is 0.882. The number of guanidine groups is 1. The van der Waals surface area contributed by atoms with Gasteiger partial charge in [0.1, 0.15) is 0 Å². The number of piperazine rings is 1. The Labute approximate surface area is 169 Å². The predicted octanol–water partition coefficient (Wildman–Crippen LogP) is 0.418. The first-order chi connectivity index (χ1) is 11.7. The van der Waals surface area contributed by atoms with Crippen molar-refractivity contribution in [1.82, 2.24) is 25.3 Å². The van der Waals surface area contributed by atoms with Crippen LogP contribution < -0.4 is 10.6 Å². The summed E-state index contributed by atoms with van der Waals surface area (Å²) in [7, 11) is 1.80. The summed E-state index contributed by atoms with van der Waals surface area (Å²) in [5.41, 5.74) is 0. The molecule has 7 nitrogen and oxygen atoms in total. The molecule has 8 heteroatoms. The Balaban J connectivity index is 0.00000312. The Kier molecular flexibility index (Phi) is 10.7. The summed E-state index contributed by atoms with van der Waals surface area (Å²) in [6.07, 6.45) is 1.58. The molecule has 0 aromatic rings. The maximum atomic E-state index is 11.8. The van der Waals surface area contributed by atoms with Crippen LogP contribution >= 0.6 is 24.0 Å². The van der Waals surface area contributed by atoms with Gasteiger partial charge in [0.25, 0.3) is 0 Å². The minimum Gasteiger partial charge on any atom is -0.355 e. The fourth-order valence-corrected chi connectivity index (χ4v) is 3.38. The number of nitrogens with zero attached hydrogens (tertiary/aromatic N) is 4. The number of likely N-dealkylation sites (tertiary alicyclic amines) is 1. The lowest BCUT2D eigenvalue weighted by atomic mass is 10.3. The van der Waals surface area contributed by atoms with E-state index in [9.17, 15) is 4.79 Å². The molecule has 0 aromatic carbocycles. The third kappa shape index (κ3) is 7.26. The summed E-state index contributed by atoms with van der Waals surface area (Å²) in [5, 5.41) is 6.85. The van der Waals surface area contributed by atoms with E-state index in [1.165, 1.54) is 13.1 Å². The molecule has 0 radical (unpaired) electrons. The number of carbonyl (C=O) groups is 1. The standard InChI is InChI=1S/C17H34N6O.HI/c1-4-16(24)23-8-6-15(14-23)20-17(18-3)19-7-9-22-12-10-21(5-2)11-13-22;/h15H,4-14H2,1-3H3,(H2,18,19,20);1H. The van der Waals surface area contributed by atoms with Gasteiger partial charge in [-0.05, 0) is 13.0 Å². The highest BCUT2D eigenvalue weighted by atomic mass is 127. The van der Waals surface area contributed by atoms with Crippen LogP contribution in [0.3, 0.4) is 0 Å². The molecule has 1 atom stereocenters. The molecule has 0 spiro atoms. The van der Waals surface area contributed by atoms with Gasteiger partial charge < -0.3 is 20.4 Å². The van der Waals surface area contributed by atoms with Crippen LogP contribution in [0.2, 0.25) is 0 Å². The molecular formula is C17H35IN6O. The number of carbonyl (C=O) groups excluding carboxylic acids is 1. The Morgan fingerprint density at radius 2 is 1.80 bits per heavy atom. The largest absolute Gasteiger partial charge is 0.355 e. The first-order valence-corrected chi connectivity index (χ1v) is 9.35. The summed E-state index contributed by atoms with van der Waals surface area (Å²) in [5.74, 6) is 1.09. The number of aliphatic imine (C=N–C) groups is 1. The van der Waals surface area contributed by atoms with E-state index in [1.54, 1.807) is 7.05 Å². The second-order valence-corrected chi connectivity index (χ2v) is 6.60.